The Bertz CT molecular complexity index is 1260. The molecule has 3 aromatic rings. The van der Waals surface area contributed by atoms with E-state index in [0.717, 1.165) is 30.6 Å². The van der Waals surface area contributed by atoms with Crippen LogP contribution in [0.15, 0.2) is 42.5 Å². The highest BCUT2D eigenvalue weighted by Gasteiger charge is 2.38. The zero-order chi connectivity index (χ0) is 23.1. The van der Waals surface area contributed by atoms with Gasteiger partial charge in [0.05, 0.1) is 18.4 Å². The first-order valence-corrected chi connectivity index (χ1v) is 11.0. The molecule has 0 spiro atoms. The molecular formula is C25H24FN5O2. The van der Waals surface area contributed by atoms with Crippen molar-refractivity contribution in [3.05, 3.63) is 65.2 Å². The lowest BCUT2D eigenvalue weighted by atomic mass is 10.1. The standard InChI is InChI=1S/C25H24FN5O2/c1-33-20-8-6-19(7-9-20)31-23(15-2-3-15)22(25(32)30-11-10-18(28)14-30)29-24(31)16-4-5-17(13-27)21(26)12-16/h4-9,12,15,18H,2-3,10-11,14,28H2,1H3/t18-/m1/s1. The van der Waals surface area contributed by atoms with Crippen LogP contribution in [0.2, 0.25) is 0 Å². The van der Waals surface area contributed by atoms with Crippen LogP contribution in [0.1, 0.15) is 46.9 Å². The van der Waals surface area contributed by atoms with E-state index in [0.29, 0.717) is 35.9 Å². The summed E-state index contributed by atoms with van der Waals surface area (Å²) in [6, 6.07) is 13.7. The number of carbonyl (C=O) groups excluding carboxylic acids is 1. The van der Waals surface area contributed by atoms with E-state index in [1.54, 1.807) is 18.1 Å². The largest absolute Gasteiger partial charge is 0.497 e. The number of halogens is 1. The Kier molecular flexibility index (Phi) is 5.35. The summed E-state index contributed by atoms with van der Waals surface area (Å²) in [5.74, 6) is 0.613. The quantitative estimate of drug-likeness (QED) is 0.647. The van der Waals surface area contributed by atoms with Gasteiger partial charge < -0.3 is 15.4 Å². The van der Waals surface area contributed by atoms with Gasteiger partial charge in [-0.3, -0.25) is 9.36 Å². The van der Waals surface area contributed by atoms with E-state index >= 15 is 0 Å². The van der Waals surface area contributed by atoms with Crippen LogP contribution in [-0.2, 0) is 0 Å². The number of imidazole rings is 1. The molecule has 2 heterocycles. The van der Waals surface area contributed by atoms with Crippen molar-refractivity contribution in [1.29, 1.82) is 5.26 Å². The molecule has 2 aromatic carbocycles. The van der Waals surface area contributed by atoms with E-state index in [4.69, 9.17) is 20.7 Å². The van der Waals surface area contributed by atoms with Gasteiger partial charge in [0.1, 0.15) is 23.5 Å². The number of hydrogen-bond acceptors (Lipinski definition) is 5. The summed E-state index contributed by atoms with van der Waals surface area (Å²) in [5, 5.41) is 9.12. The number of methoxy groups -OCH3 is 1. The molecule has 5 rings (SSSR count). The summed E-state index contributed by atoms with van der Waals surface area (Å²) >= 11 is 0. The Balaban J connectivity index is 1.70. The molecule has 1 amide bonds. The predicted octanol–water partition coefficient (Wildman–Crippen LogP) is 3.61. The van der Waals surface area contributed by atoms with Crippen molar-refractivity contribution >= 4 is 5.91 Å². The van der Waals surface area contributed by atoms with E-state index in [1.807, 2.05) is 34.9 Å². The molecule has 0 bridgehead atoms. The highest BCUT2D eigenvalue weighted by Crippen LogP contribution is 2.45. The third kappa shape index (κ3) is 3.85. The predicted molar refractivity (Wildman–Crippen MR) is 121 cm³/mol. The van der Waals surface area contributed by atoms with Gasteiger partial charge in [-0.05, 0) is 61.7 Å². The Morgan fingerprint density at radius 1 is 1.21 bits per heavy atom. The van der Waals surface area contributed by atoms with Gasteiger partial charge in [0.15, 0.2) is 5.69 Å². The second-order valence-corrected chi connectivity index (χ2v) is 8.58. The molecule has 33 heavy (non-hydrogen) atoms. The number of likely N-dealkylation sites (tertiary alicyclic amines) is 1. The Labute approximate surface area is 191 Å². The summed E-state index contributed by atoms with van der Waals surface area (Å²) in [7, 11) is 1.60. The number of benzene rings is 2. The Morgan fingerprint density at radius 3 is 2.55 bits per heavy atom. The van der Waals surface area contributed by atoms with Crippen LogP contribution < -0.4 is 10.5 Å². The highest BCUT2D eigenvalue weighted by atomic mass is 19.1. The van der Waals surface area contributed by atoms with Crippen LogP contribution in [0, 0.1) is 17.1 Å². The lowest BCUT2D eigenvalue weighted by Crippen LogP contribution is -2.32. The van der Waals surface area contributed by atoms with Crippen LogP contribution in [0.5, 0.6) is 5.75 Å². The fourth-order valence-electron chi connectivity index (χ4n) is 4.38. The minimum Gasteiger partial charge on any atom is -0.497 e. The maximum atomic E-state index is 14.5. The molecule has 0 unspecified atom stereocenters. The smallest absolute Gasteiger partial charge is 0.274 e. The van der Waals surface area contributed by atoms with Crippen LogP contribution in [0.3, 0.4) is 0 Å². The fourth-order valence-corrected chi connectivity index (χ4v) is 4.38. The summed E-state index contributed by atoms with van der Waals surface area (Å²) < 4.78 is 21.8. The molecular weight excluding hydrogens is 421 g/mol. The molecule has 0 radical (unpaired) electrons. The average molecular weight is 445 g/mol. The molecule has 2 aliphatic rings. The first kappa shape index (κ1) is 21.2. The lowest BCUT2D eigenvalue weighted by Gasteiger charge is -2.16. The number of aromatic nitrogens is 2. The third-order valence-corrected chi connectivity index (χ3v) is 6.27. The zero-order valence-corrected chi connectivity index (χ0v) is 18.3. The maximum Gasteiger partial charge on any atom is 0.274 e. The molecule has 1 aliphatic heterocycles. The second kappa shape index (κ2) is 8.34. The van der Waals surface area contributed by atoms with E-state index in [2.05, 4.69) is 0 Å². The van der Waals surface area contributed by atoms with Crippen molar-refractivity contribution in [2.75, 3.05) is 20.2 Å². The summed E-state index contributed by atoms with van der Waals surface area (Å²) in [5.41, 5.74) is 8.54. The van der Waals surface area contributed by atoms with E-state index < -0.39 is 5.82 Å². The molecule has 1 aliphatic carbocycles. The fraction of sp³-hybridized carbons (Fsp3) is 0.320. The third-order valence-electron chi connectivity index (χ3n) is 6.27. The number of nitrogens with zero attached hydrogens (tertiary/aromatic N) is 4. The van der Waals surface area contributed by atoms with E-state index in [1.165, 1.54) is 12.1 Å². The lowest BCUT2D eigenvalue weighted by molar-refractivity contribution is 0.0784. The van der Waals surface area contributed by atoms with Crippen molar-refractivity contribution < 1.29 is 13.9 Å². The summed E-state index contributed by atoms with van der Waals surface area (Å²) in [6.07, 6.45) is 2.68. The van der Waals surface area contributed by atoms with Gasteiger partial charge >= 0.3 is 0 Å². The topological polar surface area (TPSA) is 97.2 Å². The van der Waals surface area contributed by atoms with Crippen molar-refractivity contribution in [2.45, 2.75) is 31.2 Å². The normalized spacial score (nSPS) is 17.8. The van der Waals surface area contributed by atoms with Gasteiger partial charge in [0.25, 0.3) is 5.91 Å². The Morgan fingerprint density at radius 2 is 1.97 bits per heavy atom. The number of amides is 1. The van der Waals surface area contributed by atoms with Gasteiger partial charge in [0.2, 0.25) is 0 Å². The van der Waals surface area contributed by atoms with E-state index in [9.17, 15) is 9.18 Å². The minimum atomic E-state index is -0.620. The van der Waals surface area contributed by atoms with Crippen molar-refractivity contribution in [3.63, 3.8) is 0 Å². The van der Waals surface area contributed by atoms with Crippen molar-refractivity contribution in [1.82, 2.24) is 14.5 Å². The van der Waals surface area contributed by atoms with Crippen molar-refractivity contribution in [2.24, 2.45) is 5.73 Å². The van der Waals surface area contributed by atoms with Gasteiger partial charge in [0, 0.05) is 36.3 Å². The number of carbonyl (C=O) groups is 1. The van der Waals surface area contributed by atoms with Gasteiger partial charge in [-0.25, -0.2) is 9.37 Å². The van der Waals surface area contributed by atoms with Crippen LogP contribution in [0.25, 0.3) is 17.1 Å². The van der Waals surface area contributed by atoms with Crippen molar-refractivity contribution in [3.8, 4) is 28.9 Å². The number of nitriles is 1. The molecule has 7 nitrogen and oxygen atoms in total. The molecule has 168 valence electrons. The number of rotatable bonds is 5. The van der Waals surface area contributed by atoms with Gasteiger partial charge in [-0.2, -0.15) is 5.26 Å². The maximum absolute atomic E-state index is 14.5. The number of hydrogen-bond donors (Lipinski definition) is 1. The molecule has 1 aromatic heterocycles. The van der Waals surface area contributed by atoms with E-state index in [-0.39, 0.29) is 23.4 Å². The number of ether oxygens (including phenoxy) is 1. The molecule has 1 saturated carbocycles. The summed E-state index contributed by atoms with van der Waals surface area (Å²) in [4.78, 5) is 20.0. The summed E-state index contributed by atoms with van der Waals surface area (Å²) in [6.45, 7) is 1.10. The van der Waals surface area contributed by atoms with Crippen LogP contribution in [0.4, 0.5) is 4.39 Å². The molecule has 1 atom stereocenters. The van der Waals surface area contributed by atoms with Crippen LogP contribution >= 0.6 is 0 Å². The van der Waals surface area contributed by atoms with Gasteiger partial charge in [-0.15, -0.1) is 0 Å². The molecule has 1 saturated heterocycles. The molecule has 8 heteroatoms. The first-order chi connectivity index (χ1) is 16.0. The molecule has 2 fully saturated rings. The average Bonchev–Trinajstić information content (AvgIpc) is 3.45. The number of nitrogens with two attached hydrogens (primary N) is 1. The minimum absolute atomic E-state index is 0.0332. The van der Waals surface area contributed by atoms with Gasteiger partial charge in [-0.1, -0.05) is 0 Å². The monoisotopic (exact) mass is 445 g/mol. The van der Waals surface area contributed by atoms with Crippen LogP contribution in [-0.4, -0.2) is 46.6 Å². The zero-order valence-electron chi connectivity index (χ0n) is 18.3. The SMILES string of the molecule is COc1ccc(-n2c(-c3ccc(C#N)c(F)c3)nc(C(=O)N3CC[C@@H](N)C3)c2C2CC2)cc1. The highest BCUT2D eigenvalue weighted by molar-refractivity contribution is 5.95. The second-order valence-electron chi connectivity index (χ2n) is 8.58. The molecule has 2 N–H and O–H groups in total. The first-order valence-electron chi connectivity index (χ1n) is 11.0. The Hall–Kier alpha value is -3.70.